The number of aliphatic hydroxyl groups is 1. The molecule has 1 heterocycles. The van der Waals surface area contributed by atoms with Gasteiger partial charge in [0.05, 0.1) is 17.8 Å². The van der Waals surface area contributed by atoms with E-state index in [1.54, 1.807) is 0 Å². The molecule has 2 aromatic carbocycles. The number of benzene rings is 2. The first kappa shape index (κ1) is 12.9. The van der Waals surface area contributed by atoms with Gasteiger partial charge in [-0.2, -0.15) is 5.10 Å². The van der Waals surface area contributed by atoms with Crippen LogP contribution in [-0.2, 0) is 7.05 Å². The zero-order valence-electron chi connectivity index (χ0n) is 11.7. The standard InChI is InChI=1S/C17H18N2O/c1-3-16(20)13-7-4-6-12(10-13)15-9-5-8-14-11-18-19(2)17(14)15/h4-11,16,20H,3H2,1-2H3. The summed E-state index contributed by atoms with van der Waals surface area (Å²) >= 11 is 0. The van der Waals surface area contributed by atoms with E-state index in [2.05, 4.69) is 29.4 Å². The zero-order valence-corrected chi connectivity index (χ0v) is 11.7. The Morgan fingerprint density at radius 1 is 1.20 bits per heavy atom. The Morgan fingerprint density at radius 2 is 2.00 bits per heavy atom. The van der Waals surface area contributed by atoms with Crippen molar-refractivity contribution in [3.8, 4) is 11.1 Å². The predicted molar refractivity (Wildman–Crippen MR) is 81.4 cm³/mol. The number of rotatable bonds is 3. The van der Waals surface area contributed by atoms with Gasteiger partial charge in [-0.05, 0) is 23.6 Å². The van der Waals surface area contributed by atoms with Crippen LogP contribution >= 0.6 is 0 Å². The molecule has 3 heteroatoms. The fourth-order valence-corrected chi connectivity index (χ4v) is 2.62. The molecule has 0 radical (unpaired) electrons. The van der Waals surface area contributed by atoms with Crippen LogP contribution in [0.1, 0.15) is 25.0 Å². The molecule has 3 aromatic rings. The van der Waals surface area contributed by atoms with Gasteiger partial charge in [-0.3, -0.25) is 4.68 Å². The number of hydrogen-bond acceptors (Lipinski definition) is 2. The van der Waals surface area contributed by atoms with Crippen molar-refractivity contribution in [2.45, 2.75) is 19.4 Å². The lowest BCUT2D eigenvalue weighted by atomic mass is 9.98. The third-order valence-corrected chi connectivity index (χ3v) is 3.73. The molecule has 102 valence electrons. The number of para-hydroxylation sites is 1. The van der Waals surface area contributed by atoms with Gasteiger partial charge in [-0.25, -0.2) is 0 Å². The van der Waals surface area contributed by atoms with E-state index >= 15 is 0 Å². The molecule has 0 aliphatic carbocycles. The van der Waals surface area contributed by atoms with Gasteiger partial charge in [0, 0.05) is 18.0 Å². The van der Waals surface area contributed by atoms with E-state index in [1.165, 1.54) is 0 Å². The summed E-state index contributed by atoms with van der Waals surface area (Å²) in [7, 11) is 1.95. The van der Waals surface area contributed by atoms with Crippen LogP contribution in [0.4, 0.5) is 0 Å². The van der Waals surface area contributed by atoms with Gasteiger partial charge in [0.1, 0.15) is 0 Å². The molecule has 0 saturated carbocycles. The SMILES string of the molecule is CCC(O)c1cccc(-c2cccc3cnn(C)c23)c1. The molecule has 0 fully saturated rings. The molecule has 0 spiro atoms. The number of aromatic nitrogens is 2. The summed E-state index contributed by atoms with van der Waals surface area (Å²) in [5.74, 6) is 0. The van der Waals surface area contributed by atoms with Gasteiger partial charge in [-0.15, -0.1) is 0 Å². The first-order chi connectivity index (χ1) is 9.70. The molecule has 0 bridgehead atoms. The summed E-state index contributed by atoms with van der Waals surface area (Å²) in [4.78, 5) is 0. The Labute approximate surface area is 118 Å². The minimum Gasteiger partial charge on any atom is -0.388 e. The molecule has 0 saturated heterocycles. The number of aliphatic hydroxyl groups excluding tert-OH is 1. The third-order valence-electron chi connectivity index (χ3n) is 3.73. The van der Waals surface area contributed by atoms with E-state index in [4.69, 9.17) is 0 Å². The Bertz CT molecular complexity index is 746. The molecule has 3 rings (SSSR count). The minimum atomic E-state index is -0.402. The van der Waals surface area contributed by atoms with E-state index in [9.17, 15) is 5.11 Å². The second kappa shape index (κ2) is 5.10. The molecule has 1 aromatic heterocycles. The summed E-state index contributed by atoms with van der Waals surface area (Å²) in [5.41, 5.74) is 4.34. The normalized spacial score (nSPS) is 12.8. The maximum Gasteiger partial charge on any atom is 0.0787 e. The van der Waals surface area contributed by atoms with E-state index in [0.717, 1.165) is 34.0 Å². The van der Waals surface area contributed by atoms with E-state index in [1.807, 2.05) is 43.0 Å². The van der Waals surface area contributed by atoms with E-state index in [-0.39, 0.29) is 0 Å². The molecule has 1 N–H and O–H groups in total. The predicted octanol–water partition coefficient (Wildman–Crippen LogP) is 3.68. The van der Waals surface area contributed by atoms with Crippen LogP contribution in [0.3, 0.4) is 0 Å². The van der Waals surface area contributed by atoms with E-state index in [0.29, 0.717) is 0 Å². The summed E-state index contributed by atoms with van der Waals surface area (Å²) in [5, 5.41) is 15.5. The molecular formula is C17H18N2O. The highest BCUT2D eigenvalue weighted by Gasteiger charge is 2.10. The second-order valence-corrected chi connectivity index (χ2v) is 5.06. The fourth-order valence-electron chi connectivity index (χ4n) is 2.62. The number of hydrogen-bond donors (Lipinski definition) is 1. The van der Waals surface area contributed by atoms with Gasteiger partial charge in [0.15, 0.2) is 0 Å². The van der Waals surface area contributed by atoms with Crippen LogP contribution in [0.15, 0.2) is 48.7 Å². The Morgan fingerprint density at radius 3 is 2.80 bits per heavy atom. The van der Waals surface area contributed by atoms with Gasteiger partial charge in [0.2, 0.25) is 0 Å². The molecule has 0 aliphatic heterocycles. The molecule has 0 aliphatic rings. The van der Waals surface area contributed by atoms with Crippen LogP contribution in [0.25, 0.3) is 22.0 Å². The Balaban J connectivity index is 2.18. The van der Waals surface area contributed by atoms with Crippen molar-refractivity contribution in [2.24, 2.45) is 7.05 Å². The van der Waals surface area contributed by atoms with Crippen LogP contribution in [0.5, 0.6) is 0 Å². The van der Waals surface area contributed by atoms with Crippen molar-refractivity contribution in [1.82, 2.24) is 9.78 Å². The fraction of sp³-hybridized carbons (Fsp3) is 0.235. The quantitative estimate of drug-likeness (QED) is 0.785. The van der Waals surface area contributed by atoms with Crippen molar-refractivity contribution < 1.29 is 5.11 Å². The Hall–Kier alpha value is -2.13. The van der Waals surface area contributed by atoms with E-state index < -0.39 is 6.10 Å². The van der Waals surface area contributed by atoms with Crippen LogP contribution in [-0.4, -0.2) is 14.9 Å². The number of nitrogens with zero attached hydrogens (tertiary/aromatic N) is 2. The van der Waals surface area contributed by atoms with Crippen LogP contribution in [0.2, 0.25) is 0 Å². The largest absolute Gasteiger partial charge is 0.388 e. The van der Waals surface area contributed by atoms with Crippen LogP contribution < -0.4 is 0 Å². The molecule has 0 amide bonds. The van der Waals surface area contributed by atoms with Gasteiger partial charge < -0.3 is 5.11 Å². The van der Waals surface area contributed by atoms with Crippen LogP contribution in [0, 0.1) is 0 Å². The monoisotopic (exact) mass is 266 g/mol. The lowest BCUT2D eigenvalue weighted by Crippen LogP contribution is -1.96. The van der Waals surface area contributed by atoms with Crippen molar-refractivity contribution in [1.29, 1.82) is 0 Å². The average molecular weight is 266 g/mol. The summed E-state index contributed by atoms with van der Waals surface area (Å²) in [6, 6.07) is 14.3. The van der Waals surface area contributed by atoms with Crippen molar-refractivity contribution in [2.75, 3.05) is 0 Å². The van der Waals surface area contributed by atoms with Gasteiger partial charge >= 0.3 is 0 Å². The highest BCUT2D eigenvalue weighted by Crippen LogP contribution is 2.30. The highest BCUT2D eigenvalue weighted by molar-refractivity contribution is 5.93. The van der Waals surface area contributed by atoms with Crippen molar-refractivity contribution in [3.05, 3.63) is 54.2 Å². The second-order valence-electron chi connectivity index (χ2n) is 5.06. The molecular weight excluding hydrogens is 248 g/mol. The van der Waals surface area contributed by atoms with Crippen molar-refractivity contribution >= 4 is 10.9 Å². The lowest BCUT2D eigenvalue weighted by molar-refractivity contribution is 0.174. The van der Waals surface area contributed by atoms with Crippen molar-refractivity contribution in [3.63, 3.8) is 0 Å². The maximum atomic E-state index is 10.0. The topological polar surface area (TPSA) is 38.1 Å². The first-order valence-corrected chi connectivity index (χ1v) is 6.90. The molecule has 3 nitrogen and oxygen atoms in total. The highest BCUT2D eigenvalue weighted by atomic mass is 16.3. The third kappa shape index (κ3) is 2.10. The number of fused-ring (bicyclic) bond motifs is 1. The maximum absolute atomic E-state index is 10.0. The van der Waals surface area contributed by atoms with Gasteiger partial charge in [0.25, 0.3) is 0 Å². The summed E-state index contributed by atoms with van der Waals surface area (Å²) in [6.07, 6.45) is 2.20. The molecule has 1 unspecified atom stereocenters. The Kier molecular flexibility index (Phi) is 3.28. The average Bonchev–Trinajstić information content (AvgIpc) is 2.88. The lowest BCUT2D eigenvalue weighted by Gasteiger charge is -2.11. The zero-order chi connectivity index (χ0) is 14.1. The molecule has 20 heavy (non-hydrogen) atoms. The number of aryl methyl sites for hydroxylation is 1. The minimum absolute atomic E-state index is 0.402. The smallest absolute Gasteiger partial charge is 0.0787 e. The molecule has 1 atom stereocenters. The summed E-state index contributed by atoms with van der Waals surface area (Å²) < 4.78 is 1.90. The van der Waals surface area contributed by atoms with Gasteiger partial charge in [-0.1, -0.05) is 43.3 Å². The first-order valence-electron chi connectivity index (χ1n) is 6.90. The summed E-state index contributed by atoms with van der Waals surface area (Å²) in [6.45, 7) is 1.99.